The monoisotopic (exact) mass is 311 g/mol. The lowest BCUT2D eigenvalue weighted by atomic mass is 9.94. The van der Waals surface area contributed by atoms with Crippen LogP contribution in [0.15, 0.2) is 23.4 Å². The molecule has 0 aliphatic heterocycles. The first-order valence-corrected chi connectivity index (χ1v) is 8.29. The van der Waals surface area contributed by atoms with Crippen molar-refractivity contribution in [3.05, 3.63) is 23.4 Å². The molecule has 0 saturated heterocycles. The van der Waals surface area contributed by atoms with Gasteiger partial charge >= 0.3 is 0 Å². The standard InChI is InChI=1S/C14H18ClN3OS/c15-11-2-1-7-17-12(11)20-8-14(13(16)19,9-3-4-9)18-10-5-6-10/h1-2,7,9-10,18H,3-6,8H2,(H2,16,19). The molecule has 20 heavy (non-hydrogen) atoms. The zero-order chi connectivity index (χ0) is 14.2. The molecular formula is C14H18ClN3OS. The number of nitrogens with zero attached hydrogens (tertiary/aromatic N) is 1. The molecule has 0 radical (unpaired) electrons. The second-order valence-corrected chi connectivity index (χ2v) is 6.98. The number of nitrogens with one attached hydrogen (secondary N) is 1. The summed E-state index contributed by atoms with van der Waals surface area (Å²) >= 11 is 7.64. The van der Waals surface area contributed by atoms with Crippen LogP contribution in [-0.4, -0.2) is 28.2 Å². The predicted octanol–water partition coefficient (Wildman–Crippen LogP) is 2.21. The quantitative estimate of drug-likeness (QED) is 0.758. The number of thioether (sulfide) groups is 1. The number of pyridine rings is 1. The summed E-state index contributed by atoms with van der Waals surface area (Å²) in [6.45, 7) is 0. The number of amides is 1. The number of carbonyl (C=O) groups is 1. The highest BCUT2D eigenvalue weighted by atomic mass is 35.5. The van der Waals surface area contributed by atoms with Gasteiger partial charge < -0.3 is 5.73 Å². The van der Waals surface area contributed by atoms with Crippen LogP contribution in [-0.2, 0) is 4.79 Å². The van der Waals surface area contributed by atoms with Gasteiger partial charge in [-0.2, -0.15) is 0 Å². The molecule has 1 heterocycles. The lowest BCUT2D eigenvalue weighted by molar-refractivity contribution is -0.124. The zero-order valence-corrected chi connectivity index (χ0v) is 12.7. The first-order valence-electron chi connectivity index (χ1n) is 6.93. The summed E-state index contributed by atoms with van der Waals surface area (Å²) in [5.74, 6) is 0.710. The van der Waals surface area contributed by atoms with E-state index in [2.05, 4.69) is 10.3 Å². The molecule has 0 bridgehead atoms. The van der Waals surface area contributed by atoms with Crippen molar-refractivity contribution in [2.45, 2.75) is 42.3 Å². The number of halogens is 1. The zero-order valence-electron chi connectivity index (χ0n) is 11.1. The molecule has 2 aliphatic rings. The van der Waals surface area contributed by atoms with Gasteiger partial charge in [0, 0.05) is 18.0 Å². The van der Waals surface area contributed by atoms with Crippen molar-refractivity contribution in [2.75, 3.05) is 5.75 Å². The van der Waals surface area contributed by atoms with Gasteiger partial charge in [-0.1, -0.05) is 11.6 Å². The Labute approximate surface area is 127 Å². The fourth-order valence-corrected chi connectivity index (χ4v) is 3.90. The van der Waals surface area contributed by atoms with Crippen molar-refractivity contribution < 1.29 is 4.79 Å². The minimum absolute atomic E-state index is 0.244. The van der Waals surface area contributed by atoms with Gasteiger partial charge in [-0.05, 0) is 43.7 Å². The number of hydrogen-bond donors (Lipinski definition) is 2. The van der Waals surface area contributed by atoms with Gasteiger partial charge in [-0.25, -0.2) is 4.98 Å². The summed E-state index contributed by atoms with van der Waals surface area (Å²) in [6, 6.07) is 4.06. The van der Waals surface area contributed by atoms with Gasteiger partial charge in [-0.15, -0.1) is 11.8 Å². The van der Waals surface area contributed by atoms with Crippen LogP contribution >= 0.6 is 23.4 Å². The number of hydrogen-bond acceptors (Lipinski definition) is 4. The SMILES string of the molecule is NC(=O)C(CSc1ncccc1Cl)(NC1CC1)C1CC1. The molecule has 2 aliphatic carbocycles. The van der Waals surface area contributed by atoms with E-state index in [1.54, 1.807) is 12.3 Å². The molecule has 2 fully saturated rings. The Morgan fingerprint density at radius 2 is 2.25 bits per heavy atom. The van der Waals surface area contributed by atoms with Gasteiger partial charge in [-0.3, -0.25) is 10.1 Å². The van der Waals surface area contributed by atoms with Crippen LogP contribution in [0, 0.1) is 5.92 Å². The number of rotatable bonds is 7. The summed E-state index contributed by atoms with van der Waals surface area (Å²) in [4.78, 5) is 16.3. The smallest absolute Gasteiger partial charge is 0.238 e. The molecule has 1 aromatic heterocycles. The normalized spacial score (nSPS) is 21.4. The van der Waals surface area contributed by atoms with Crippen molar-refractivity contribution >= 4 is 29.3 Å². The van der Waals surface area contributed by atoms with E-state index in [0.717, 1.165) is 30.7 Å². The van der Waals surface area contributed by atoms with E-state index >= 15 is 0 Å². The van der Waals surface area contributed by atoms with Crippen molar-refractivity contribution in [3.63, 3.8) is 0 Å². The molecule has 1 aromatic rings. The lowest BCUT2D eigenvalue weighted by Gasteiger charge is -2.32. The van der Waals surface area contributed by atoms with Crippen LogP contribution < -0.4 is 11.1 Å². The van der Waals surface area contributed by atoms with Crippen LogP contribution in [0.25, 0.3) is 0 Å². The minimum Gasteiger partial charge on any atom is -0.368 e. The second kappa shape index (κ2) is 5.54. The molecule has 4 nitrogen and oxygen atoms in total. The maximum absolute atomic E-state index is 12.1. The number of nitrogens with two attached hydrogens (primary N) is 1. The second-order valence-electron chi connectivity index (χ2n) is 5.61. The average molecular weight is 312 g/mol. The van der Waals surface area contributed by atoms with Crippen molar-refractivity contribution in [2.24, 2.45) is 11.7 Å². The van der Waals surface area contributed by atoms with E-state index in [9.17, 15) is 4.79 Å². The van der Waals surface area contributed by atoms with Gasteiger partial charge in [0.2, 0.25) is 5.91 Å². The van der Waals surface area contributed by atoms with Crippen molar-refractivity contribution in [1.82, 2.24) is 10.3 Å². The molecular weight excluding hydrogens is 294 g/mol. The fraction of sp³-hybridized carbons (Fsp3) is 0.571. The third-order valence-electron chi connectivity index (χ3n) is 3.91. The molecule has 3 N–H and O–H groups in total. The highest BCUT2D eigenvalue weighted by Crippen LogP contribution is 2.44. The molecule has 2 saturated carbocycles. The first kappa shape index (κ1) is 14.2. The third-order valence-corrected chi connectivity index (χ3v) is 5.53. The molecule has 0 spiro atoms. The van der Waals surface area contributed by atoms with Crippen LogP contribution in [0.2, 0.25) is 5.02 Å². The van der Waals surface area contributed by atoms with Crippen molar-refractivity contribution in [1.29, 1.82) is 0 Å². The number of aromatic nitrogens is 1. The predicted molar refractivity (Wildman–Crippen MR) is 80.8 cm³/mol. The summed E-state index contributed by atoms with van der Waals surface area (Å²) in [6.07, 6.45) is 6.12. The van der Waals surface area contributed by atoms with Crippen LogP contribution in [0.4, 0.5) is 0 Å². The highest BCUT2D eigenvalue weighted by Gasteiger charge is 2.51. The lowest BCUT2D eigenvalue weighted by Crippen LogP contribution is -2.60. The Morgan fingerprint density at radius 3 is 2.80 bits per heavy atom. The molecule has 1 atom stereocenters. The first-order chi connectivity index (χ1) is 9.62. The maximum Gasteiger partial charge on any atom is 0.238 e. The Hall–Kier alpha value is -0.780. The average Bonchev–Trinajstić information content (AvgIpc) is 3.27. The Balaban J connectivity index is 1.75. The van der Waals surface area contributed by atoms with Crippen LogP contribution in [0.5, 0.6) is 0 Å². The summed E-state index contributed by atoms with van der Waals surface area (Å²) in [5, 5.41) is 4.87. The van der Waals surface area contributed by atoms with E-state index in [1.165, 1.54) is 11.8 Å². The largest absolute Gasteiger partial charge is 0.368 e. The van der Waals surface area contributed by atoms with E-state index in [0.29, 0.717) is 22.7 Å². The van der Waals surface area contributed by atoms with Crippen LogP contribution in [0.3, 0.4) is 0 Å². The number of carbonyl (C=O) groups excluding carboxylic acids is 1. The maximum atomic E-state index is 12.1. The Bertz CT molecular complexity index is 519. The number of primary amides is 1. The third kappa shape index (κ3) is 2.95. The minimum atomic E-state index is -0.604. The Kier molecular flexibility index (Phi) is 3.93. The molecule has 1 amide bonds. The molecule has 108 valence electrons. The topological polar surface area (TPSA) is 68.0 Å². The Morgan fingerprint density at radius 1 is 1.50 bits per heavy atom. The van der Waals surface area contributed by atoms with Crippen molar-refractivity contribution in [3.8, 4) is 0 Å². The van der Waals surface area contributed by atoms with E-state index in [4.69, 9.17) is 17.3 Å². The molecule has 6 heteroatoms. The van der Waals surface area contributed by atoms with E-state index < -0.39 is 5.54 Å². The van der Waals surface area contributed by atoms with E-state index in [-0.39, 0.29) is 5.91 Å². The summed E-state index contributed by atoms with van der Waals surface area (Å²) < 4.78 is 0. The van der Waals surface area contributed by atoms with E-state index in [1.807, 2.05) is 6.07 Å². The molecule has 1 unspecified atom stereocenters. The fourth-order valence-electron chi connectivity index (χ4n) is 2.45. The molecule has 0 aromatic carbocycles. The summed E-state index contributed by atoms with van der Waals surface area (Å²) in [5.41, 5.74) is 5.12. The van der Waals surface area contributed by atoms with Gasteiger partial charge in [0.15, 0.2) is 0 Å². The molecule has 3 rings (SSSR count). The van der Waals surface area contributed by atoms with Gasteiger partial charge in [0.1, 0.15) is 10.6 Å². The van der Waals surface area contributed by atoms with Gasteiger partial charge in [0.05, 0.1) is 5.02 Å². The van der Waals surface area contributed by atoms with Gasteiger partial charge in [0.25, 0.3) is 0 Å². The van der Waals surface area contributed by atoms with Crippen LogP contribution in [0.1, 0.15) is 25.7 Å². The highest BCUT2D eigenvalue weighted by molar-refractivity contribution is 7.99. The summed E-state index contributed by atoms with van der Waals surface area (Å²) in [7, 11) is 0.